The number of nitrogens with one attached hydrogen (secondary N) is 1. The van der Waals surface area contributed by atoms with Gasteiger partial charge < -0.3 is 19.9 Å². The second-order valence-corrected chi connectivity index (χ2v) is 12.8. The van der Waals surface area contributed by atoms with Gasteiger partial charge in [-0.3, -0.25) is 0 Å². The number of hydrogen-bond donors (Lipinski definition) is 1. The van der Waals surface area contributed by atoms with Gasteiger partial charge in [-0.05, 0) is 68.1 Å². The van der Waals surface area contributed by atoms with Gasteiger partial charge in [-0.2, -0.15) is 9.97 Å². The molecule has 2 unspecified atom stereocenters. The van der Waals surface area contributed by atoms with E-state index in [0.29, 0.717) is 40.5 Å². The number of hydrogen-bond acceptors (Lipinski definition) is 6. The number of benzene rings is 3. The number of nitrogens with zero attached hydrogens (tertiary/aromatic N) is 4. The zero-order valence-corrected chi connectivity index (χ0v) is 24.6. The lowest BCUT2D eigenvalue weighted by molar-refractivity contribution is 0.171. The van der Waals surface area contributed by atoms with E-state index in [4.69, 9.17) is 26.3 Å². The van der Waals surface area contributed by atoms with E-state index >= 15 is 4.39 Å². The summed E-state index contributed by atoms with van der Waals surface area (Å²) in [7, 11) is 2.17. The number of anilines is 1. The SMILES string of the molecule is CCCN(C)CC1(COc2nc(N3CC4CCC(C3)N4)c3cc(Cl)c(-c4cccc5ccccc45)c(F)c3n2)CC1. The Balaban J connectivity index is 1.32. The van der Waals surface area contributed by atoms with Crippen molar-refractivity contribution in [2.45, 2.75) is 51.1 Å². The molecule has 3 fully saturated rings. The first kappa shape index (κ1) is 26.9. The smallest absolute Gasteiger partial charge is 0.319 e. The molecule has 6 nitrogen and oxygen atoms in total. The molecule has 3 heterocycles. The van der Waals surface area contributed by atoms with Gasteiger partial charge in [-0.1, -0.05) is 61.0 Å². The van der Waals surface area contributed by atoms with E-state index in [1.54, 1.807) is 0 Å². The molecule has 41 heavy (non-hydrogen) atoms. The minimum atomic E-state index is -0.431. The molecule has 214 valence electrons. The fraction of sp³-hybridized carbons (Fsp3) is 0.455. The van der Waals surface area contributed by atoms with Crippen LogP contribution in [0.25, 0.3) is 32.8 Å². The van der Waals surface area contributed by atoms with Crippen molar-refractivity contribution in [3.63, 3.8) is 0 Å². The third-order valence-electron chi connectivity index (χ3n) is 9.09. The van der Waals surface area contributed by atoms with Crippen molar-refractivity contribution in [3.05, 3.63) is 59.4 Å². The summed E-state index contributed by atoms with van der Waals surface area (Å²) in [6.07, 6.45) is 5.65. The minimum absolute atomic E-state index is 0.114. The second-order valence-electron chi connectivity index (χ2n) is 12.4. The molecule has 1 N–H and O–H groups in total. The number of rotatable bonds is 9. The van der Waals surface area contributed by atoms with E-state index in [-0.39, 0.29) is 16.9 Å². The number of piperazine rings is 1. The Morgan fingerprint density at radius 2 is 1.83 bits per heavy atom. The molecule has 1 saturated carbocycles. The van der Waals surface area contributed by atoms with Crippen molar-refractivity contribution in [1.29, 1.82) is 0 Å². The predicted molar refractivity (Wildman–Crippen MR) is 165 cm³/mol. The first-order chi connectivity index (χ1) is 19.9. The molecule has 2 atom stereocenters. The average Bonchev–Trinajstić information content (AvgIpc) is 3.65. The summed E-state index contributed by atoms with van der Waals surface area (Å²) in [5.74, 6) is 0.279. The summed E-state index contributed by atoms with van der Waals surface area (Å²) in [6, 6.07) is 16.8. The van der Waals surface area contributed by atoms with Crippen molar-refractivity contribution in [2.75, 3.05) is 44.7 Å². The maximum Gasteiger partial charge on any atom is 0.319 e. The third kappa shape index (κ3) is 5.13. The molecular formula is C33H37ClFN5O. The molecule has 2 bridgehead atoms. The van der Waals surface area contributed by atoms with Gasteiger partial charge in [0.2, 0.25) is 0 Å². The zero-order chi connectivity index (χ0) is 28.1. The van der Waals surface area contributed by atoms with Gasteiger partial charge in [-0.25, -0.2) is 4.39 Å². The van der Waals surface area contributed by atoms with Crippen molar-refractivity contribution in [3.8, 4) is 17.1 Å². The van der Waals surface area contributed by atoms with Gasteiger partial charge in [0, 0.05) is 48.1 Å². The fourth-order valence-electron chi connectivity index (χ4n) is 6.90. The van der Waals surface area contributed by atoms with Crippen LogP contribution in [0.3, 0.4) is 0 Å². The van der Waals surface area contributed by atoms with Crippen LogP contribution in [0.15, 0.2) is 48.5 Å². The topological polar surface area (TPSA) is 53.5 Å². The van der Waals surface area contributed by atoms with Crippen molar-refractivity contribution in [1.82, 2.24) is 20.2 Å². The number of ether oxygens (including phenoxy) is 1. The lowest BCUT2D eigenvalue weighted by atomic mass is 9.96. The second kappa shape index (κ2) is 10.7. The van der Waals surface area contributed by atoms with Gasteiger partial charge in [0.05, 0.1) is 11.6 Å². The molecule has 8 heteroatoms. The molecule has 4 aromatic rings. The molecule has 0 radical (unpaired) electrons. The van der Waals surface area contributed by atoms with Gasteiger partial charge in [-0.15, -0.1) is 0 Å². The summed E-state index contributed by atoms with van der Waals surface area (Å²) in [5, 5.41) is 6.66. The minimum Gasteiger partial charge on any atom is -0.463 e. The number of fused-ring (bicyclic) bond motifs is 4. The summed E-state index contributed by atoms with van der Waals surface area (Å²) in [4.78, 5) is 14.3. The highest BCUT2D eigenvalue weighted by Gasteiger charge is 2.44. The monoisotopic (exact) mass is 573 g/mol. The van der Waals surface area contributed by atoms with Crippen LogP contribution in [0.2, 0.25) is 5.02 Å². The van der Waals surface area contributed by atoms with Crippen molar-refractivity contribution in [2.24, 2.45) is 5.41 Å². The highest BCUT2D eigenvalue weighted by atomic mass is 35.5. The third-order valence-corrected chi connectivity index (χ3v) is 9.39. The predicted octanol–water partition coefficient (Wildman–Crippen LogP) is 6.68. The number of halogens is 2. The molecule has 2 saturated heterocycles. The highest BCUT2D eigenvalue weighted by Crippen LogP contribution is 2.47. The Labute approximate surface area is 245 Å². The molecule has 7 rings (SSSR count). The maximum atomic E-state index is 16.7. The number of aromatic nitrogens is 2. The Morgan fingerprint density at radius 1 is 1.07 bits per heavy atom. The quantitative estimate of drug-likeness (QED) is 0.241. The van der Waals surface area contributed by atoms with Crippen LogP contribution < -0.4 is 15.0 Å². The molecular weight excluding hydrogens is 537 g/mol. The van der Waals surface area contributed by atoms with Crippen LogP contribution >= 0.6 is 11.6 Å². The van der Waals surface area contributed by atoms with E-state index < -0.39 is 5.82 Å². The Hall–Kier alpha value is -3.00. The first-order valence-corrected chi connectivity index (χ1v) is 15.3. The van der Waals surface area contributed by atoms with Gasteiger partial charge >= 0.3 is 6.01 Å². The van der Waals surface area contributed by atoms with Crippen LogP contribution in [-0.4, -0.2) is 66.8 Å². The lowest BCUT2D eigenvalue weighted by Crippen LogP contribution is -2.51. The van der Waals surface area contributed by atoms with Crippen LogP contribution in [0.4, 0.5) is 10.2 Å². The lowest BCUT2D eigenvalue weighted by Gasteiger charge is -2.34. The molecule has 1 aromatic heterocycles. The molecule has 3 aromatic carbocycles. The van der Waals surface area contributed by atoms with Gasteiger partial charge in [0.25, 0.3) is 0 Å². The highest BCUT2D eigenvalue weighted by molar-refractivity contribution is 6.35. The van der Waals surface area contributed by atoms with Gasteiger partial charge in [0.1, 0.15) is 11.3 Å². The summed E-state index contributed by atoms with van der Waals surface area (Å²) in [5.41, 5.74) is 1.50. The van der Waals surface area contributed by atoms with Crippen LogP contribution in [0.5, 0.6) is 6.01 Å². The Kier molecular flexibility index (Phi) is 7.00. The fourth-order valence-corrected chi connectivity index (χ4v) is 7.20. The van der Waals surface area contributed by atoms with Crippen molar-refractivity contribution < 1.29 is 9.13 Å². The van der Waals surface area contributed by atoms with Crippen LogP contribution in [-0.2, 0) is 0 Å². The largest absolute Gasteiger partial charge is 0.463 e. The van der Waals surface area contributed by atoms with E-state index in [2.05, 4.69) is 29.1 Å². The zero-order valence-electron chi connectivity index (χ0n) is 23.8. The molecule has 0 spiro atoms. The molecule has 0 amide bonds. The normalized spacial score (nSPS) is 21.2. The molecule has 3 aliphatic rings. The summed E-state index contributed by atoms with van der Waals surface area (Å²) < 4.78 is 23.0. The average molecular weight is 574 g/mol. The molecule has 2 aliphatic heterocycles. The molecule has 1 aliphatic carbocycles. The standard InChI is InChI=1S/C33H37ClFN5O/c1-3-15-39(2)19-33(13-14-33)20-41-32-37-30-26(31(38-32)40-17-22-11-12-23(18-40)36-22)16-27(34)28(29(30)35)25-10-6-8-21-7-4-5-9-24(21)25/h4-10,16,22-23,36H,3,11-15,17-20H2,1-2H3. The van der Waals surface area contributed by atoms with E-state index in [1.807, 2.05) is 48.5 Å². The Morgan fingerprint density at radius 3 is 2.59 bits per heavy atom. The summed E-state index contributed by atoms with van der Waals surface area (Å²) in [6.45, 7) is 6.41. The maximum absolute atomic E-state index is 16.7. The van der Waals surface area contributed by atoms with Crippen LogP contribution in [0, 0.1) is 11.2 Å². The van der Waals surface area contributed by atoms with E-state index in [0.717, 1.165) is 74.6 Å². The Bertz CT molecular complexity index is 1590. The van der Waals surface area contributed by atoms with E-state index in [1.165, 1.54) is 0 Å². The first-order valence-electron chi connectivity index (χ1n) is 14.9. The van der Waals surface area contributed by atoms with Crippen LogP contribution in [0.1, 0.15) is 39.0 Å². The van der Waals surface area contributed by atoms with Crippen molar-refractivity contribution >= 4 is 39.1 Å². The van der Waals surface area contributed by atoms with Gasteiger partial charge in [0.15, 0.2) is 5.82 Å². The summed E-state index contributed by atoms with van der Waals surface area (Å²) >= 11 is 6.90. The van der Waals surface area contributed by atoms with E-state index in [9.17, 15) is 0 Å².